The van der Waals surface area contributed by atoms with Gasteiger partial charge < -0.3 is 10.2 Å². The molecule has 5 nitrogen and oxygen atoms in total. The number of unbranched alkanes of at least 4 members (excludes halogenated alkanes) is 2. The molecule has 0 rings (SSSR count). The summed E-state index contributed by atoms with van der Waals surface area (Å²) in [5.74, 6) is -1.97. The number of aliphatic carboxylic acids is 2. The lowest BCUT2D eigenvalue weighted by Gasteiger charge is -2.24. The minimum absolute atomic E-state index is 0.211. The van der Waals surface area contributed by atoms with E-state index in [1.165, 1.54) is 11.8 Å². The van der Waals surface area contributed by atoms with Crippen molar-refractivity contribution in [1.82, 2.24) is 4.90 Å². The molecule has 2 N–H and O–H groups in total. The number of hydrogen-bond donors (Lipinski definition) is 2. The van der Waals surface area contributed by atoms with Gasteiger partial charge in [-0.1, -0.05) is 19.8 Å². The fraction of sp³-hybridized carbons (Fsp3) is 0.800. The summed E-state index contributed by atoms with van der Waals surface area (Å²) in [5, 5.41) is 17.4. The van der Waals surface area contributed by atoms with E-state index in [0.29, 0.717) is 6.54 Å². The van der Waals surface area contributed by atoms with E-state index in [0.717, 1.165) is 19.3 Å². The minimum atomic E-state index is -0.986. The van der Waals surface area contributed by atoms with E-state index >= 15 is 0 Å². The molecule has 1 unspecified atom stereocenters. The first-order valence-electron chi connectivity index (χ1n) is 5.17. The van der Waals surface area contributed by atoms with Gasteiger partial charge in [0, 0.05) is 0 Å². The maximum absolute atomic E-state index is 10.7. The molecule has 0 amide bonds. The molecule has 5 heteroatoms. The molecule has 0 fully saturated rings. The number of rotatable bonds is 8. The van der Waals surface area contributed by atoms with Crippen LogP contribution in [0.1, 0.15) is 33.1 Å². The first-order valence-corrected chi connectivity index (χ1v) is 5.17. The van der Waals surface area contributed by atoms with Gasteiger partial charge in [0.1, 0.15) is 6.04 Å². The average Bonchev–Trinajstić information content (AvgIpc) is 2.14. The Morgan fingerprint density at radius 1 is 1.27 bits per heavy atom. The lowest BCUT2D eigenvalue weighted by Crippen LogP contribution is -2.42. The van der Waals surface area contributed by atoms with Gasteiger partial charge in [-0.05, 0) is 19.9 Å². The summed E-state index contributed by atoms with van der Waals surface area (Å²) in [6.45, 7) is 3.87. The van der Waals surface area contributed by atoms with Crippen LogP contribution < -0.4 is 0 Å². The Morgan fingerprint density at radius 3 is 2.27 bits per heavy atom. The lowest BCUT2D eigenvalue weighted by molar-refractivity contribution is -0.145. The normalized spacial score (nSPS) is 12.7. The van der Waals surface area contributed by atoms with Gasteiger partial charge >= 0.3 is 11.9 Å². The van der Waals surface area contributed by atoms with Crippen LogP contribution in [0.3, 0.4) is 0 Å². The Labute approximate surface area is 89.7 Å². The fourth-order valence-electron chi connectivity index (χ4n) is 1.30. The molecule has 0 aromatic heterocycles. The van der Waals surface area contributed by atoms with E-state index in [4.69, 9.17) is 10.2 Å². The summed E-state index contributed by atoms with van der Waals surface area (Å²) in [4.78, 5) is 22.7. The first kappa shape index (κ1) is 13.9. The van der Waals surface area contributed by atoms with Crippen LogP contribution in [0.4, 0.5) is 0 Å². The van der Waals surface area contributed by atoms with Crippen LogP contribution in [0.2, 0.25) is 0 Å². The predicted molar refractivity (Wildman–Crippen MR) is 55.8 cm³/mol. The number of carbonyl (C=O) groups is 2. The van der Waals surface area contributed by atoms with Gasteiger partial charge in [0.2, 0.25) is 0 Å². The van der Waals surface area contributed by atoms with Crippen molar-refractivity contribution in [3.63, 3.8) is 0 Å². The number of carboxylic acid groups (broad SMARTS) is 2. The van der Waals surface area contributed by atoms with E-state index in [1.54, 1.807) is 0 Å². The van der Waals surface area contributed by atoms with E-state index in [-0.39, 0.29) is 6.54 Å². The molecule has 0 bridgehead atoms. The molecule has 1 atom stereocenters. The van der Waals surface area contributed by atoms with Gasteiger partial charge in [0.05, 0.1) is 6.54 Å². The molecule has 0 aromatic rings. The van der Waals surface area contributed by atoms with Crippen molar-refractivity contribution in [2.45, 2.75) is 39.2 Å². The predicted octanol–water partition coefficient (Wildman–Crippen LogP) is 1.04. The quantitative estimate of drug-likeness (QED) is 0.594. The third kappa shape index (κ3) is 6.06. The second-order valence-corrected chi connectivity index (χ2v) is 3.59. The molecule has 0 aliphatic heterocycles. The smallest absolute Gasteiger partial charge is 0.320 e. The van der Waals surface area contributed by atoms with Crippen molar-refractivity contribution in [1.29, 1.82) is 0 Å². The second kappa shape index (κ2) is 7.23. The Bertz CT molecular complexity index is 217. The average molecular weight is 217 g/mol. The highest BCUT2D eigenvalue weighted by Gasteiger charge is 2.21. The van der Waals surface area contributed by atoms with Crippen molar-refractivity contribution < 1.29 is 19.8 Å². The van der Waals surface area contributed by atoms with Gasteiger partial charge in [-0.3, -0.25) is 14.5 Å². The van der Waals surface area contributed by atoms with Crippen LogP contribution >= 0.6 is 0 Å². The Morgan fingerprint density at radius 2 is 1.87 bits per heavy atom. The highest BCUT2D eigenvalue weighted by Crippen LogP contribution is 2.03. The topological polar surface area (TPSA) is 77.8 Å². The summed E-state index contributed by atoms with van der Waals surface area (Å²) in [6.07, 6.45) is 2.85. The monoisotopic (exact) mass is 217 g/mol. The summed E-state index contributed by atoms with van der Waals surface area (Å²) in [7, 11) is 0. The maximum Gasteiger partial charge on any atom is 0.320 e. The highest BCUT2D eigenvalue weighted by molar-refractivity contribution is 5.75. The van der Waals surface area contributed by atoms with Gasteiger partial charge in [0.25, 0.3) is 0 Å². The molecule has 0 aliphatic rings. The van der Waals surface area contributed by atoms with Crippen LogP contribution in [0.15, 0.2) is 0 Å². The summed E-state index contributed by atoms with van der Waals surface area (Å²) < 4.78 is 0. The lowest BCUT2D eigenvalue weighted by atomic mass is 10.2. The van der Waals surface area contributed by atoms with Crippen LogP contribution in [0.5, 0.6) is 0 Å². The third-order valence-corrected chi connectivity index (χ3v) is 2.29. The second-order valence-electron chi connectivity index (χ2n) is 3.59. The molecular formula is C10H19NO4. The molecule has 0 heterocycles. The highest BCUT2D eigenvalue weighted by atomic mass is 16.4. The third-order valence-electron chi connectivity index (χ3n) is 2.29. The van der Waals surface area contributed by atoms with E-state index in [2.05, 4.69) is 0 Å². The largest absolute Gasteiger partial charge is 0.480 e. The maximum atomic E-state index is 10.7. The molecule has 0 aliphatic carbocycles. The van der Waals surface area contributed by atoms with Gasteiger partial charge in [-0.15, -0.1) is 0 Å². The van der Waals surface area contributed by atoms with Crippen molar-refractivity contribution in [3.8, 4) is 0 Å². The number of nitrogens with zero attached hydrogens (tertiary/aromatic N) is 1. The Hall–Kier alpha value is -1.10. The summed E-state index contributed by atoms with van der Waals surface area (Å²) in [5.41, 5.74) is 0. The fourth-order valence-corrected chi connectivity index (χ4v) is 1.30. The van der Waals surface area contributed by atoms with Crippen LogP contribution in [0.25, 0.3) is 0 Å². The van der Waals surface area contributed by atoms with Crippen LogP contribution in [0, 0.1) is 0 Å². The Kier molecular flexibility index (Phi) is 6.70. The molecule has 0 saturated heterocycles. The molecule has 0 saturated carbocycles. The van der Waals surface area contributed by atoms with Gasteiger partial charge in [-0.2, -0.15) is 0 Å². The molecule has 0 spiro atoms. The molecular weight excluding hydrogens is 198 g/mol. The van der Waals surface area contributed by atoms with Crippen molar-refractivity contribution in [2.24, 2.45) is 0 Å². The Balaban J connectivity index is 4.17. The zero-order valence-electron chi connectivity index (χ0n) is 9.27. The van der Waals surface area contributed by atoms with Crippen LogP contribution in [-0.2, 0) is 9.59 Å². The first-order chi connectivity index (χ1) is 6.99. The standard InChI is InChI=1S/C10H19NO4/c1-3-4-5-6-11(7-9(12)13)8(2)10(14)15/h8H,3-7H2,1-2H3,(H,12,13)(H,14,15). The summed E-state index contributed by atoms with van der Waals surface area (Å²) >= 11 is 0. The van der Waals surface area contributed by atoms with Crippen molar-refractivity contribution >= 4 is 11.9 Å². The molecule has 88 valence electrons. The number of hydrogen-bond acceptors (Lipinski definition) is 3. The zero-order valence-corrected chi connectivity index (χ0v) is 9.27. The zero-order chi connectivity index (χ0) is 11.8. The minimum Gasteiger partial charge on any atom is -0.480 e. The number of carboxylic acids is 2. The SMILES string of the molecule is CCCCCN(CC(=O)O)C(C)C(=O)O. The van der Waals surface area contributed by atoms with E-state index < -0.39 is 18.0 Å². The molecule has 0 aromatic carbocycles. The molecule has 0 radical (unpaired) electrons. The van der Waals surface area contributed by atoms with Gasteiger partial charge in [-0.25, -0.2) is 0 Å². The van der Waals surface area contributed by atoms with Crippen molar-refractivity contribution in [2.75, 3.05) is 13.1 Å². The van der Waals surface area contributed by atoms with Crippen molar-refractivity contribution in [3.05, 3.63) is 0 Å². The van der Waals surface area contributed by atoms with E-state index in [9.17, 15) is 9.59 Å². The van der Waals surface area contributed by atoms with Gasteiger partial charge in [0.15, 0.2) is 0 Å². The summed E-state index contributed by atoms with van der Waals surface area (Å²) in [6, 6.07) is -0.738. The molecule has 15 heavy (non-hydrogen) atoms. The van der Waals surface area contributed by atoms with Crippen LogP contribution in [-0.4, -0.2) is 46.2 Å². The van der Waals surface area contributed by atoms with E-state index in [1.807, 2.05) is 6.92 Å².